The van der Waals surface area contributed by atoms with Gasteiger partial charge in [-0.2, -0.15) is 0 Å². The summed E-state index contributed by atoms with van der Waals surface area (Å²) in [6.07, 6.45) is 1.26. The molecule has 0 amide bonds. The Morgan fingerprint density at radius 3 is 2.04 bits per heavy atom. The number of hydrogen-bond acceptors (Lipinski definition) is 1. The van der Waals surface area contributed by atoms with Crippen molar-refractivity contribution in [2.24, 2.45) is 0 Å². The van der Waals surface area contributed by atoms with E-state index in [-0.39, 0.29) is 11.3 Å². The maximum Gasteiger partial charge on any atom is 0.166 e. The zero-order valence-electron chi connectivity index (χ0n) is 15.4. The summed E-state index contributed by atoms with van der Waals surface area (Å²) in [4.78, 5) is 0. The van der Waals surface area contributed by atoms with E-state index in [2.05, 4.69) is 0 Å². The van der Waals surface area contributed by atoms with Gasteiger partial charge < -0.3 is 4.74 Å². The first-order valence-electron chi connectivity index (χ1n) is 9.05. The highest BCUT2D eigenvalue weighted by molar-refractivity contribution is 5.71. The van der Waals surface area contributed by atoms with Crippen LogP contribution in [0.5, 0.6) is 5.75 Å². The Balaban J connectivity index is 1.90. The van der Waals surface area contributed by atoms with E-state index in [4.69, 9.17) is 4.74 Å². The van der Waals surface area contributed by atoms with E-state index >= 15 is 0 Å². The lowest BCUT2D eigenvalue weighted by atomic mass is 9.98. The van der Waals surface area contributed by atoms with Gasteiger partial charge in [0.25, 0.3) is 0 Å². The minimum absolute atomic E-state index is 0.211. The summed E-state index contributed by atoms with van der Waals surface area (Å²) in [7, 11) is 0. The third kappa shape index (κ3) is 4.00. The van der Waals surface area contributed by atoms with Crippen molar-refractivity contribution in [2.75, 3.05) is 6.61 Å². The molecule has 0 atom stereocenters. The minimum atomic E-state index is -0.833. The standard InChI is InChI=1S/C23H21F3O/c1-3-5-17-10-12-19(23(26)22(17)25)16-8-6-15(7-9-16)18-11-13-21(27-4-2)20(24)14-18/h6-14H,3-5H2,1-2H3. The number of rotatable bonds is 6. The van der Waals surface area contributed by atoms with Gasteiger partial charge >= 0.3 is 0 Å². The molecule has 0 radical (unpaired) electrons. The lowest BCUT2D eigenvalue weighted by molar-refractivity contribution is 0.321. The quantitative estimate of drug-likeness (QED) is 0.464. The van der Waals surface area contributed by atoms with Crippen molar-refractivity contribution < 1.29 is 17.9 Å². The van der Waals surface area contributed by atoms with Gasteiger partial charge in [0, 0.05) is 5.56 Å². The molecule has 0 saturated heterocycles. The highest BCUT2D eigenvalue weighted by Gasteiger charge is 2.14. The molecule has 1 nitrogen and oxygen atoms in total. The van der Waals surface area contributed by atoms with Crippen LogP contribution in [-0.4, -0.2) is 6.61 Å². The fourth-order valence-corrected chi connectivity index (χ4v) is 3.07. The van der Waals surface area contributed by atoms with Crippen LogP contribution in [0.4, 0.5) is 13.2 Å². The molecule has 0 spiro atoms. The molecular weight excluding hydrogens is 349 g/mol. The van der Waals surface area contributed by atoms with Crippen molar-refractivity contribution in [3.8, 4) is 28.0 Å². The molecule has 0 bridgehead atoms. The molecule has 0 aliphatic heterocycles. The highest BCUT2D eigenvalue weighted by Crippen LogP contribution is 2.30. The van der Waals surface area contributed by atoms with Gasteiger partial charge in [0.1, 0.15) is 0 Å². The van der Waals surface area contributed by atoms with E-state index in [1.54, 1.807) is 55.5 Å². The van der Waals surface area contributed by atoms with Crippen LogP contribution in [0.3, 0.4) is 0 Å². The normalized spacial score (nSPS) is 10.9. The van der Waals surface area contributed by atoms with Crippen LogP contribution in [-0.2, 0) is 6.42 Å². The predicted molar refractivity (Wildman–Crippen MR) is 102 cm³/mol. The molecule has 0 aliphatic carbocycles. The molecule has 3 aromatic carbocycles. The molecule has 0 aliphatic rings. The summed E-state index contributed by atoms with van der Waals surface area (Å²) >= 11 is 0. The first-order valence-corrected chi connectivity index (χ1v) is 9.05. The molecule has 0 saturated carbocycles. The number of halogens is 3. The van der Waals surface area contributed by atoms with Crippen molar-refractivity contribution in [3.63, 3.8) is 0 Å². The van der Waals surface area contributed by atoms with E-state index < -0.39 is 17.5 Å². The van der Waals surface area contributed by atoms with Gasteiger partial charge in [0.05, 0.1) is 6.61 Å². The Bertz CT molecular complexity index is 933. The second-order valence-electron chi connectivity index (χ2n) is 6.31. The van der Waals surface area contributed by atoms with Gasteiger partial charge in [-0.3, -0.25) is 0 Å². The van der Waals surface area contributed by atoms with Gasteiger partial charge in [0.15, 0.2) is 23.2 Å². The van der Waals surface area contributed by atoms with Crippen LogP contribution >= 0.6 is 0 Å². The van der Waals surface area contributed by atoms with Crippen molar-refractivity contribution in [1.29, 1.82) is 0 Å². The molecule has 0 fully saturated rings. The zero-order valence-corrected chi connectivity index (χ0v) is 15.4. The van der Waals surface area contributed by atoms with Gasteiger partial charge in [0.2, 0.25) is 0 Å². The summed E-state index contributed by atoms with van der Waals surface area (Å²) in [5, 5.41) is 0. The topological polar surface area (TPSA) is 9.23 Å². The lowest BCUT2D eigenvalue weighted by Crippen LogP contribution is -1.97. The molecule has 0 unspecified atom stereocenters. The summed E-state index contributed by atoms with van der Waals surface area (Å²) in [6, 6.07) is 14.9. The summed E-state index contributed by atoms with van der Waals surface area (Å²) in [5.74, 6) is -1.84. The van der Waals surface area contributed by atoms with Gasteiger partial charge in [-0.05, 0) is 47.7 Å². The largest absolute Gasteiger partial charge is 0.491 e. The van der Waals surface area contributed by atoms with Crippen LogP contribution in [0, 0.1) is 17.5 Å². The second kappa shape index (κ2) is 8.30. The van der Waals surface area contributed by atoms with E-state index in [9.17, 15) is 13.2 Å². The minimum Gasteiger partial charge on any atom is -0.491 e. The van der Waals surface area contributed by atoms with E-state index in [1.165, 1.54) is 6.07 Å². The predicted octanol–water partition coefficient (Wildman–Crippen LogP) is 6.79. The fourth-order valence-electron chi connectivity index (χ4n) is 3.07. The maximum atomic E-state index is 14.4. The lowest BCUT2D eigenvalue weighted by Gasteiger charge is -2.10. The maximum absolute atomic E-state index is 14.4. The second-order valence-corrected chi connectivity index (χ2v) is 6.31. The van der Waals surface area contributed by atoms with Gasteiger partial charge in [-0.15, -0.1) is 0 Å². The van der Waals surface area contributed by atoms with Crippen molar-refractivity contribution in [3.05, 3.63) is 77.6 Å². The molecule has 0 heterocycles. The Labute approximate surface area is 157 Å². The first-order chi connectivity index (χ1) is 13.0. The summed E-state index contributed by atoms with van der Waals surface area (Å²) in [5.41, 5.74) is 2.65. The van der Waals surface area contributed by atoms with Crippen LogP contribution < -0.4 is 4.74 Å². The van der Waals surface area contributed by atoms with Crippen LogP contribution in [0.2, 0.25) is 0 Å². The number of hydrogen-bond donors (Lipinski definition) is 0. The highest BCUT2D eigenvalue weighted by atomic mass is 19.2. The molecule has 3 rings (SSSR count). The molecule has 4 heteroatoms. The SMILES string of the molecule is CCCc1ccc(-c2ccc(-c3ccc(OCC)c(F)c3)cc2)c(F)c1F. The summed E-state index contributed by atoms with van der Waals surface area (Å²) < 4.78 is 47.9. The zero-order chi connectivity index (χ0) is 19.4. The van der Waals surface area contributed by atoms with Crippen LogP contribution in [0.15, 0.2) is 54.6 Å². The third-order valence-corrected chi connectivity index (χ3v) is 4.44. The van der Waals surface area contributed by atoms with E-state index in [1.807, 2.05) is 6.92 Å². The van der Waals surface area contributed by atoms with Crippen LogP contribution in [0.1, 0.15) is 25.8 Å². The molecule has 0 N–H and O–H groups in total. The summed E-state index contributed by atoms with van der Waals surface area (Å²) in [6.45, 7) is 4.11. The van der Waals surface area contributed by atoms with Gasteiger partial charge in [-0.25, -0.2) is 13.2 Å². The Kier molecular flexibility index (Phi) is 5.84. The average Bonchev–Trinajstić information content (AvgIpc) is 2.68. The van der Waals surface area contributed by atoms with E-state index in [0.29, 0.717) is 29.7 Å². The smallest absolute Gasteiger partial charge is 0.166 e. The Morgan fingerprint density at radius 2 is 1.41 bits per heavy atom. The number of benzene rings is 3. The van der Waals surface area contributed by atoms with Crippen molar-refractivity contribution in [1.82, 2.24) is 0 Å². The molecule has 3 aromatic rings. The Morgan fingerprint density at radius 1 is 0.741 bits per heavy atom. The average molecular weight is 370 g/mol. The van der Waals surface area contributed by atoms with E-state index in [0.717, 1.165) is 12.0 Å². The first kappa shape index (κ1) is 19.0. The van der Waals surface area contributed by atoms with Crippen molar-refractivity contribution >= 4 is 0 Å². The molecule has 27 heavy (non-hydrogen) atoms. The Hall–Kier alpha value is -2.75. The molecular formula is C23H21F3O. The number of aryl methyl sites for hydroxylation is 1. The third-order valence-electron chi connectivity index (χ3n) is 4.44. The molecule has 0 aromatic heterocycles. The monoisotopic (exact) mass is 370 g/mol. The van der Waals surface area contributed by atoms with Gasteiger partial charge in [-0.1, -0.05) is 55.8 Å². The van der Waals surface area contributed by atoms with Crippen molar-refractivity contribution in [2.45, 2.75) is 26.7 Å². The van der Waals surface area contributed by atoms with Crippen LogP contribution in [0.25, 0.3) is 22.3 Å². The fraction of sp³-hybridized carbons (Fsp3) is 0.217. The number of ether oxygens (including phenoxy) is 1. The molecule has 140 valence electrons.